The van der Waals surface area contributed by atoms with Crippen molar-refractivity contribution in [2.75, 3.05) is 5.32 Å². The second-order valence-electron chi connectivity index (χ2n) is 4.31. The van der Waals surface area contributed by atoms with E-state index in [4.69, 9.17) is 0 Å². The highest BCUT2D eigenvalue weighted by atomic mass is 19.4. The number of benzene rings is 1. The van der Waals surface area contributed by atoms with Crippen molar-refractivity contribution >= 4 is 17.0 Å². The molecule has 0 saturated heterocycles. The van der Waals surface area contributed by atoms with Crippen molar-refractivity contribution in [3.05, 3.63) is 24.3 Å². The molecule has 0 atom stereocenters. The number of hydrogen-bond acceptors (Lipinski definition) is 2. The van der Waals surface area contributed by atoms with Gasteiger partial charge in [0.05, 0.1) is 11.0 Å². The molecule has 1 saturated carbocycles. The van der Waals surface area contributed by atoms with Crippen LogP contribution in [-0.2, 0) is 0 Å². The van der Waals surface area contributed by atoms with Crippen molar-refractivity contribution < 1.29 is 13.2 Å². The second-order valence-corrected chi connectivity index (χ2v) is 4.31. The van der Waals surface area contributed by atoms with E-state index in [1.54, 1.807) is 24.3 Å². The highest BCUT2D eigenvalue weighted by Crippen LogP contribution is 2.50. The van der Waals surface area contributed by atoms with Gasteiger partial charge >= 0.3 is 6.18 Å². The molecule has 3 nitrogen and oxygen atoms in total. The van der Waals surface area contributed by atoms with E-state index in [-0.39, 0.29) is 18.8 Å². The number of H-pyrrole nitrogens is 1. The van der Waals surface area contributed by atoms with Gasteiger partial charge in [0.25, 0.3) is 0 Å². The molecule has 0 aliphatic heterocycles. The van der Waals surface area contributed by atoms with Crippen molar-refractivity contribution in [1.29, 1.82) is 0 Å². The smallest absolute Gasteiger partial charge is 0.342 e. The number of imidazole rings is 1. The normalized spacial score (nSPS) is 18.3. The first-order chi connectivity index (χ1) is 8.00. The molecule has 2 N–H and O–H groups in total. The van der Waals surface area contributed by atoms with Gasteiger partial charge in [0.2, 0.25) is 5.95 Å². The fraction of sp³-hybridized carbons (Fsp3) is 0.364. The van der Waals surface area contributed by atoms with E-state index in [2.05, 4.69) is 15.3 Å². The molecule has 1 fully saturated rings. The van der Waals surface area contributed by atoms with Gasteiger partial charge in [-0.3, -0.25) is 0 Å². The summed E-state index contributed by atoms with van der Waals surface area (Å²) in [6.45, 7) is 0. The predicted molar refractivity (Wildman–Crippen MR) is 57.7 cm³/mol. The van der Waals surface area contributed by atoms with Gasteiger partial charge in [-0.05, 0) is 25.0 Å². The molecule has 1 heterocycles. The highest BCUT2D eigenvalue weighted by Gasteiger charge is 2.63. The predicted octanol–water partition coefficient (Wildman–Crippen LogP) is 3.07. The Hall–Kier alpha value is -1.72. The summed E-state index contributed by atoms with van der Waals surface area (Å²) in [5, 5.41) is 2.47. The van der Waals surface area contributed by atoms with Crippen LogP contribution in [0.1, 0.15) is 12.8 Å². The molecule has 6 heteroatoms. The molecule has 3 rings (SSSR count). The van der Waals surface area contributed by atoms with Crippen LogP contribution in [0.15, 0.2) is 24.3 Å². The Morgan fingerprint density at radius 2 is 1.94 bits per heavy atom. The number of halogens is 3. The maximum atomic E-state index is 12.7. The van der Waals surface area contributed by atoms with Gasteiger partial charge < -0.3 is 10.3 Å². The highest BCUT2D eigenvalue weighted by molar-refractivity contribution is 5.77. The Morgan fingerprint density at radius 1 is 1.24 bits per heavy atom. The molecule has 0 unspecified atom stereocenters. The van der Waals surface area contributed by atoms with Crippen molar-refractivity contribution in [3.63, 3.8) is 0 Å². The molecule has 0 radical (unpaired) electrons. The average molecular weight is 241 g/mol. The number of aromatic nitrogens is 2. The fourth-order valence-corrected chi connectivity index (χ4v) is 1.84. The zero-order valence-corrected chi connectivity index (χ0v) is 8.80. The van der Waals surface area contributed by atoms with Gasteiger partial charge in [0.1, 0.15) is 5.54 Å². The topological polar surface area (TPSA) is 40.7 Å². The Morgan fingerprint density at radius 3 is 2.53 bits per heavy atom. The summed E-state index contributed by atoms with van der Waals surface area (Å²) in [6.07, 6.45) is -4.02. The van der Waals surface area contributed by atoms with E-state index in [0.29, 0.717) is 5.52 Å². The number of alkyl halides is 3. The second kappa shape index (κ2) is 3.15. The lowest BCUT2D eigenvalue weighted by atomic mass is 10.3. The van der Waals surface area contributed by atoms with E-state index >= 15 is 0 Å². The monoisotopic (exact) mass is 241 g/mol. The lowest BCUT2D eigenvalue weighted by Crippen LogP contribution is -2.38. The Bertz CT molecular complexity index is 521. The average Bonchev–Trinajstić information content (AvgIpc) is 2.92. The van der Waals surface area contributed by atoms with Gasteiger partial charge in [0, 0.05) is 0 Å². The van der Waals surface area contributed by atoms with E-state index < -0.39 is 11.7 Å². The molecular formula is C11H10F3N3. The summed E-state index contributed by atoms with van der Waals surface area (Å²) in [6, 6.07) is 7.13. The lowest BCUT2D eigenvalue weighted by Gasteiger charge is -2.19. The van der Waals surface area contributed by atoms with Crippen LogP contribution in [0.3, 0.4) is 0 Å². The van der Waals surface area contributed by atoms with Gasteiger partial charge in [-0.1, -0.05) is 12.1 Å². The van der Waals surface area contributed by atoms with Gasteiger partial charge in [-0.2, -0.15) is 13.2 Å². The Kier molecular flexibility index (Phi) is 1.93. The van der Waals surface area contributed by atoms with Crippen LogP contribution in [0.2, 0.25) is 0 Å². The molecule has 0 spiro atoms. The number of para-hydroxylation sites is 2. The van der Waals surface area contributed by atoms with Crippen LogP contribution in [0.4, 0.5) is 19.1 Å². The minimum Gasteiger partial charge on any atom is -0.342 e. The Labute approximate surface area is 95.0 Å². The zero-order valence-electron chi connectivity index (χ0n) is 8.80. The van der Waals surface area contributed by atoms with Crippen molar-refractivity contribution in [2.24, 2.45) is 0 Å². The number of nitrogens with one attached hydrogen (secondary N) is 2. The molecule has 0 bridgehead atoms. The molecule has 1 aliphatic rings. The molecule has 2 aromatic rings. The van der Waals surface area contributed by atoms with Crippen LogP contribution < -0.4 is 5.32 Å². The number of anilines is 1. The Balaban J connectivity index is 1.91. The molecule has 1 aromatic carbocycles. The summed E-state index contributed by atoms with van der Waals surface area (Å²) in [7, 11) is 0. The number of fused-ring (bicyclic) bond motifs is 1. The molecule has 90 valence electrons. The van der Waals surface area contributed by atoms with Gasteiger partial charge in [0.15, 0.2) is 0 Å². The molecule has 1 aliphatic carbocycles. The first-order valence-corrected chi connectivity index (χ1v) is 5.30. The van der Waals surface area contributed by atoms with E-state index in [0.717, 1.165) is 5.52 Å². The van der Waals surface area contributed by atoms with Crippen molar-refractivity contribution in [2.45, 2.75) is 24.6 Å². The van der Waals surface area contributed by atoms with Crippen LogP contribution >= 0.6 is 0 Å². The SMILES string of the molecule is FC(F)(F)C1(Nc2nc3ccccc3[nH]2)CC1. The van der Waals surface area contributed by atoms with Crippen LogP contribution in [0, 0.1) is 0 Å². The van der Waals surface area contributed by atoms with E-state index in [1.165, 1.54) is 0 Å². The lowest BCUT2D eigenvalue weighted by molar-refractivity contribution is -0.151. The number of nitrogens with zero attached hydrogens (tertiary/aromatic N) is 1. The molecule has 17 heavy (non-hydrogen) atoms. The molecule has 1 aromatic heterocycles. The summed E-state index contributed by atoms with van der Waals surface area (Å²) < 4.78 is 38.2. The largest absolute Gasteiger partial charge is 0.411 e. The summed E-state index contributed by atoms with van der Waals surface area (Å²) >= 11 is 0. The quantitative estimate of drug-likeness (QED) is 0.848. The van der Waals surface area contributed by atoms with Crippen molar-refractivity contribution in [3.8, 4) is 0 Å². The molecular weight excluding hydrogens is 231 g/mol. The fourth-order valence-electron chi connectivity index (χ4n) is 1.84. The minimum absolute atomic E-state index is 0.105. The van der Waals surface area contributed by atoms with E-state index in [1.807, 2.05) is 0 Å². The summed E-state index contributed by atoms with van der Waals surface area (Å²) in [5.41, 5.74) is -0.387. The first-order valence-electron chi connectivity index (χ1n) is 5.30. The summed E-state index contributed by atoms with van der Waals surface area (Å²) in [5.74, 6) is 0.182. The standard InChI is InChI=1S/C11H10F3N3/c12-11(13,14)10(5-6-10)17-9-15-7-3-1-2-4-8(7)16-9/h1-4H,5-6H2,(H2,15,16,17). The zero-order chi connectivity index (χ0) is 12.1. The van der Waals surface area contributed by atoms with Gasteiger partial charge in [-0.15, -0.1) is 0 Å². The third-order valence-corrected chi connectivity index (χ3v) is 3.04. The maximum absolute atomic E-state index is 12.7. The third-order valence-electron chi connectivity index (χ3n) is 3.04. The first kappa shape index (κ1) is 10.4. The van der Waals surface area contributed by atoms with Crippen LogP contribution in [-0.4, -0.2) is 21.7 Å². The van der Waals surface area contributed by atoms with Crippen LogP contribution in [0.25, 0.3) is 11.0 Å². The summed E-state index contributed by atoms with van der Waals surface area (Å²) in [4.78, 5) is 6.93. The van der Waals surface area contributed by atoms with Crippen LogP contribution in [0.5, 0.6) is 0 Å². The number of rotatable bonds is 2. The number of aromatic amines is 1. The number of hydrogen-bond donors (Lipinski definition) is 2. The minimum atomic E-state index is -4.23. The van der Waals surface area contributed by atoms with Gasteiger partial charge in [-0.25, -0.2) is 4.98 Å². The third kappa shape index (κ3) is 1.64. The molecule has 0 amide bonds. The maximum Gasteiger partial charge on any atom is 0.411 e. The van der Waals surface area contributed by atoms with E-state index in [9.17, 15) is 13.2 Å². The van der Waals surface area contributed by atoms with Crippen molar-refractivity contribution in [1.82, 2.24) is 9.97 Å².